The molecule has 26 heavy (non-hydrogen) atoms. The molecule has 0 unspecified atom stereocenters. The molecule has 0 atom stereocenters. The molecule has 138 valence electrons. The van der Waals surface area contributed by atoms with Gasteiger partial charge in [-0.1, -0.05) is 23.7 Å². The molecule has 2 aromatic rings. The summed E-state index contributed by atoms with van der Waals surface area (Å²) < 4.78 is 24.9. The number of phenols is 1. The van der Waals surface area contributed by atoms with Crippen LogP contribution in [0.5, 0.6) is 5.75 Å². The minimum atomic E-state index is -3.68. The van der Waals surface area contributed by atoms with E-state index in [1.807, 2.05) is 0 Å². The van der Waals surface area contributed by atoms with Gasteiger partial charge in [0, 0.05) is 10.6 Å². The summed E-state index contributed by atoms with van der Waals surface area (Å²) in [6.45, 7) is 1.17. The van der Waals surface area contributed by atoms with E-state index in [1.165, 1.54) is 30.3 Å². The second-order valence-corrected chi connectivity index (χ2v) is 7.84. The normalized spacial score (nSPS) is 11.9. The average Bonchev–Trinajstić information content (AvgIpc) is 2.58. The molecule has 0 radical (unpaired) electrons. The number of nitrogens with one attached hydrogen (secondary N) is 1. The third-order valence-corrected chi connectivity index (χ3v) is 4.84. The van der Waals surface area contributed by atoms with Gasteiger partial charge in [-0.15, -0.1) is 0 Å². The van der Waals surface area contributed by atoms with Gasteiger partial charge in [0.1, 0.15) is 12.3 Å². The summed E-state index contributed by atoms with van der Waals surface area (Å²) in [6, 6.07) is 12.6. The van der Waals surface area contributed by atoms with Crippen molar-refractivity contribution in [3.05, 3.63) is 59.1 Å². The molecule has 0 bridgehead atoms. The molecule has 0 aliphatic rings. The van der Waals surface area contributed by atoms with Gasteiger partial charge in [-0.05, 0) is 43.3 Å². The van der Waals surface area contributed by atoms with Crippen LogP contribution in [0.25, 0.3) is 0 Å². The molecule has 0 spiro atoms. The number of anilines is 1. The van der Waals surface area contributed by atoms with Crippen molar-refractivity contribution in [2.24, 2.45) is 5.10 Å². The fourth-order valence-electron chi connectivity index (χ4n) is 2.16. The van der Waals surface area contributed by atoms with Gasteiger partial charge < -0.3 is 5.11 Å². The molecule has 0 aliphatic heterocycles. The summed E-state index contributed by atoms with van der Waals surface area (Å²) in [7, 11) is -3.68. The standard InChI is InChI=1S/C17H18ClN3O4S/c1-12(15-5-3-4-6-16(15)22)19-20-17(23)11-21(26(2,24)25)14-9-7-13(18)8-10-14/h3-10,22H,11H2,1-2H3,(H,20,23)/b19-12-. The third kappa shape index (κ3) is 5.21. The molecule has 0 saturated carbocycles. The molecule has 0 aromatic heterocycles. The average molecular weight is 396 g/mol. The summed E-state index contributed by atoms with van der Waals surface area (Å²) in [5.41, 5.74) is 3.46. The number of aromatic hydroxyl groups is 1. The van der Waals surface area contributed by atoms with Crippen LogP contribution in [0.1, 0.15) is 12.5 Å². The number of benzene rings is 2. The van der Waals surface area contributed by atoms with Crippen molar-refractivity contribution in [3.63, 3.8) is 0 Å². The zero-order chi connectivity index (χ0) is 19.3. The number of carbonyl (C=O) groups excluding carboxylic acids is 1. The lowest BCUT2D eigenvalue weighted by molar-refractivity contribution is -0.119. The molecule has 0 fully saturated rings. The van der Waals surface area contributed by atoms with Crippen LogP contribution in [0.2, 0.25) is 5.02 Å². The second kappa shape index (κ2) is 8.20. The van der Waals surface area contributed by atoms with E-state index in [1.54, 1.807) is 25.1 Å². The maximum atomic E-state index is 12.1. The van der Waals surface area contributed by atoms with Crippen molar-refractivity contribution in [2.45, 2.75) is 6.92 Å². The third-order valence-electron chi connectivity index (χ3n) is 3.44. The molecule has 2 N–H and O–H groups in total. The molecular formula is C17H18ClN3O4S. The number of halogens is 1. The summed E-state index contributed by atoms with van der Waals surface area (Å²) in [5, 5.41) is 14.1. The zero-order valence-corrected chi connectivity index (χ0v) is 15.8. The lowest BCUT2D eigenvalue weighted by Crippen LogP contribution is -2.39. The summed E-state index contributed by atoms with van der Waals surface area (Å²) in [5.74, 6) is -0.595. The largest absolute Gasteiger partial charge is 0.507 e. The summed E-state index contributed by atoms with van der Waals surface area (Å²) >= 11 is 5.81. The minimum absolute atomic E-state index is 0.0296. The van der Waals surface area contributed by atoms with Crippen LogP contribution in [-0.2, 0) is 14.8 Å². The summed E-state index contributed by atoms with van der Waals surface area (Å²) in [4.78, 5) is 12.1. The lowest BCUT2D eigenvalue weighted by Gasteiger charge is -2.21. The highest BCUT2D eigenvalue weighted by Gasteiger charge is 2.20. The summed E-state index contributed by atoms with van der Waals surface area (Å²) in [6.07, 6.45) is 1.01. The monoisotopic (exact) mass is 395 g/mol. The van der Waals surface area contributed by atoms with Crippen LogP contribution in [0.15, 0.2) is 53.6 Å². The van der Waals surface area contributed by atoms with Crippen LogP contribution in [0, 0.1) is 0 Å². The first-order chi connectivity index (χ1) is 12.2. The maximum absolute atomic E-state index is 12.1. The van der Waals surface area contributed by atoms with Crippen molar-refractivity contribution >= 4 is 38.9 Å². The Bertz CT molecular complexity index is 927. The highest BCUT2D eigenvalue weighted by atomic mass is 35.5. The minimum Gasteiger partial charge on any atom is -0.507 e. The number of rotatable bonds is 6. The SMILES string of the molecule is C/C(=N/NC(=O)CN(c1ccc(Cl)cc1)S(C)(=O)=O)c1ccccc1O. The van der Waals surface area contributed by atoms with Crippen molar-refractivity contribution in [2.75, 3.05) is 17.1 Å². The fraction of sp³-hybridized carbons (Fsp3) is 0.176. The molecule has 0 heterocycles. The lowest BCUT2D eigenvalue weighted by atomic mass is 10.1. The zero-order valence-electron chi connectivity index (χ0n) is 14.2. The number of amides is 1. The van der Waals surface area contributed by atoms with E-state index >= 15 is 0 Å². The Balaban J connectivity index is 2.14. The van der Waals surface area contributed by atoms with Gasteiger partial charge in [0.15, 0.2) is 0 Å². The van der Waals surface area contributed by atoms with Crippen molar-refractivity contribution in [3.8, 4) is 5.75 Å². The second-order valence-electron chi connectivity index (χ2n) is 5.50. The van der Waals surface area contributed by atoms with Gasteiger partial charge in [-0.25, -0.2) is 13.8 Å². The van der Waals surface area contributed by atoms with Crippen LogP contribution >= 0.6 is 11.6 Å². The number of carbonyl (C=O) groups is 1. The van der Waals surface area contributed by atoms with E-state index in [0.29, 0.717) is 22.0 Å². The van der Waals surface area contributed by atoms with Crippen molar-refractivity contribution in [1.82, 2.24) is 5.43 Å². The Morgan fingerprint density at radius 1 is 1.19 bits per heavy atom. The number of hydrazone groups is 1. The van der Waals surface area contributed by atoms with Gasteiger partial charge in [-0.2, -0.15) is 5.10 Å². The Morgan fingerprint density at radius 2 is 1.81 bits per heavy atom. The smallest absolute Gasteiger partial charge is 0.260 e. The maximum Gasteiger partial charge on any atom is 0.260 e. The van der Waals surface area contributed by atoms with Gasteiger partial charge >= 0.3 is 0 Å². The topological polar surface area (TPSA) is 99.1 Å². The van der Waals surface area contributed by atoms with Crippen molar-refractivity contribution in [1.29, 1.82) is 0 Å². The number of hydrogen-bond donors (Lipinski definition) is 2. The first kappa shape index (κ1) is 19.7. The van der Waals surface area contributed by atoms with E-state index in [-0.39, 0.29) is 5.75 Å². The number of sulfonamides is 1. The Morgan fingerprint density at radius 3 is 2.38 bits per heavy atom. The Labute approximate surface area is 157 Å². The number of nitrogens with zero attached hydrogens (tertiary/aromatic N) is 2. The van der Waals surface area contributed by atoms with Gasteiger partial charge in [0.25, 0.3) is 5.91 Å². The van der Waals surface area contributed by atoms with Crippen LogP contribution in [0.3, 0.4) is 0 Å². The van der Waals surface area contributed by atoms with Gasteiger partial charge in [-0.3, -0.25) is 9.10 Å². The molecule has 7 nitrogen and oxygen atoms in total. The molecule has 9 heteroatoms. The van der Waals surface area contributed by atoms with E-state index in [2.05, 4.69) is 10.5 Å². The van der Waals surface area contributed by atoms with E-state index in [0.717, 1.165) is 10.6 Å². The van der Waals surface area contributed by atoms with Crippen LogP contribution in [0.4, 0.5) is 5.69 Å². The Kier molecular flexibility index (Phi) is 6.23. The Hall–Kier alpha value is -2.58. The van der Waals surface area contributed by atoms with Crippen molar-refractivity contribution < 1.29 is 18.3 Å². The molecule has 0 aliphatic carbocycles. The molecule has 1 amide bonds. The highest BCUT2D eigenvalue weighted by Crippen LogP contribution is 2.20. The van der Waals surface area contributed by atoms with E-state index < -0.39 is 22.5 Å². The predicted octanol–water partition coefficient (Wildman–Crippen LogP) is 2.35. The van der Waals surface area contributed by atoms with E-state index in [9.17, 15) is 18.3 Å². The predicted molar refractivity (Wildman–Crippen MR) is 102 cm³/mol. The first-order valence-electron chi connectivity index (χ1n) is 7.53. The molecule has 2 aromatic carbocycles. The molecule has 2 rings (SSSR count). The van der Waals surface area contributed by atoms with Gasteiger partial charge in [0.2, 0.25) is 10.0 Å². The fourth-order valence-corrected chi connectivity index (χ4v) is 3.14. The quantitative estimate of drug-likeness (QED) is 0.579. The number of phenolic OH excluding ortho intramolecular Hbond substituents is 1. The van der Waals surface area contributed by atoms with Gasteiger partial charge in [0.05, 0.1) is 17.7 Å². The number of hydrogen-bond acceptors (Lipinski definition) is 5. The highest BCUT2D eigenvalue weighted by molar-refractivity contribution is 7.92. The molecule has 0 saturated heterocycles. The first-order valence-corrected chi connectivity index (χ1v) is 9.76. The molecular weight excluding hydrogens is 378 g/mol. The van der Waals surface area contributed by atoms with Crippen LogP contribution in [-0.4, -0.2) is 37.9 Å². The van der Waals surface area contributed by atoms with E-state index in [4.69, 9.17) is 11.6 Å². The number of para-hydroxylation sites is 1. The van der Waals surface area contributed by atoms with Crippen LogP contribution < -0.4 is 9.73 Å².